The largest absolute Gasteiger partial charge is 0.369 e. The molecule has 4 nitrogen and oxygen atoms in total. The predicted octanol–water partition coefficient (Wildman–Crippen LogP) is 0.874. The van der Waals surface area contributed by atoms with Crippen LogP contribution in [0.2, 0.25) is 0 Å². The summed E-state index contributed by atoms with van der Waals surface area (Å²) in [6.07, 6.45) is 1.42. The molecule has 0 aliphatic heterocycles. The second kappa shape index (κ2) is 3.96. The maximum Gasteiger partial charge on any atom is 0.255 e. The van der Waals surface area contributed by atoms with Crippen molar-refractivity contribution in [2.24, 2.45) is 0 Å². The van der Waals surface area contributed by atoms with Gasteiger partial charge in [-0.25, -0.2) is 4.98 Å². The van der Waals surface area contributed by atoms with E-state index in [-0.39, 0.29) is 11.5 Å². The number of nitrogens with zero attached hydrogens (tertiary/aromatic N) is 2. The van der Waals surface area contributed by atoms with Crippen molar-refractivity contribution < 1.29 is 0 Å². The number of anilines is 1. The van der Waals surface area contributed by atoms with E-state index in [2.05, 4.69) is 4.98 Å². The Kier molecular flexibility index (Phi) is 2.49. The lowest BCUT2D eigenvalue weighted by Gasteiger charge is -2.07. The fourth-order valence-corrected chi connectivity index (χ4v) is 1.37. The molecule has 2 aromatic rings. The fourth-order valence-electron chi connectivity index (χ4n) is 1.37. The highest BCUT2D eigenvalue weighted by Gasteiger charge is 2.01. The van der Waals surface area contributed by atoms with E-state index in [1.54, 1.807) is 0 Å². The normalized spacial score (nSPS) is 10.1. The highest BCUT2D eigenvalue weighted by molar-refractivity contribution is 5.21. The van der Waals surface area contributed by atoms with Gasteiger partial charge in [-0.15, -0.1) is 0 Å². The number of rotatable bonds is 2. The molecule has 0 saturated carbocycles. The first-order valence-corrected chi connectivity index (χ1v) is 4.62. The molecule has 1 aromatic heterocycles. The van der Waals surface area contributed by atoms with Crippen molar-refractivity contribution >= 4 is 5.95 Å². The van der Waals surface area contributed by atoms with E-state index in [0.717, 1.165) is 5.56 Å². The van der Waals surface area contributed by atoms with Crippen molar-refractivity contribution in [3.8, 4) is 0 Å². The van der Waals surface area contributed by atoms with Crippen molar-refractivity contribution in [1.29, 1.82) is 0 Å². The van der Waals surface area contributed by atoms with Gasteiger partial charge in [0, 0.05) is 12.3 Å². The molecule has 0 aliphatic carbocycles. The molecule has 0 saturated heterocycles. The van der Waals surface area contributed by atoms with Crippen LogP contribution in [0.3, 0.4) is 0 Å². The van der Waals surface area contributed by atoms with Gasteiger partial charge in [-0.05, 0) is 5.56 Å². The molecule has 0 radical (unpaired) electrons. The Hall–Kier alpha value is -2.10. The zero-order valence-electron chi connectivity index (χ0n) is 8.13. The molecule has 0 unspecified atom stereocenters. The Morgan fingerprint density at radius 2 is 1.93 bits per heavy atom. The van der Waals surface area contributed by atoms with Gasteiger partial charge in [0.2, 0.25) is 5.95 Å². The summed E-state index contributed by atoms with van der Waals surface area (Å²) in [7, 11) is 0. The maximum absolute atomic E-state index is 11.5. The molecule has 0 bridgehead atoms. The summed E-state index contributed by atoms with van der Waals surface area (Å²) in [5.41, 5.74) is 6.52. The maximum atomic E-state index is 11.5. The number of hydrogen-bond acceptors (Lipinski definition) is 3. The van der Waals surface area contributed by atoms with E-state index in [9.17, 15) is 4.79 Å². The molecular formula is C11H11N3O. The molecule has 1 heterocycles. The highest BCUT2D eigenvalue weighted by atomic mass is 16.1. The molecule has 0 fully saturated rings. The Morgan fingerprint density at radius 3 is 2.60 bits per heavy atom. The van der Waals surface area contributed by atoms with E-state index in [1.807, 2.05) is 30.3 Å². The van der Waals surface area contributed by atoms with Crippen molar-refractivity contribution in [3.05, 3.63) is 58.5 Å². The molecule has 0 spiro atoms. The third-order valence-corrected chi connectivity index (χ3v) is 2.15. The third-order valence-electron chi connectivity index (χ3n) is 2.15. The quantitative estimate of drug-likeness (QED) is 0.784. The zero-order valence-corrected chi connectivity index (χ0v) is 8.13. The lowest BCUT2D eigenvalue weighted by Crippen LogP contribution is -2.23. The van der Waals surface area contributed by atoms with E-state index in [1.165, 1.54) is 16.8 Å². The Morgan fingerprint density at radius 1 is 1.20 bits per heavy atom. The minimum absolute atomic E-state index is 0.133. The average Bonchev–Trinajstić information content (AvgIpc) is 2.25. The molecule has 76 valence electrons. The molecule has 2 rings (SSSR count). The van der Waals surface area contributed by atoms with E-state index in [0.29, 0.717) is 6.54 Å². The standard InChI is InChI=1S/C11H11N3O/c12-11-13-7-6-10(15)14(11)8-9-4-2-1-3-5-9/h1-7H,8H2,(H2,12,13). The van der Waals surface area contributed by atoms with Gasteiger partial charge in [-0.3, -0.25) is 9.36 Å². The van der Waals surface area contributed by atoms with Crippen LogP contribution in [0, 0.1) is 0 Å². The van der Waals surface area contributed by atoms with Crippen LogP contribution in [0.15, 0.2) is 47.4 Å². The van der Waals surface area contributed by atoms with Crippen LogP contribution >= 0.6 is 0 Å². The van der Waals surface area contributed by atoms with Crippen LogP contribution in [0.5, 0.6) is 0 Å². The molecule has 2 N–H and O–H groups in total. The first-order chi connectivity index (χ1) is 7.27. The van der Waals surface area contributed by atoms with Gasteiger partial charge in [-0.1, -0.05) is 30.3 Å². The lowest BCUT2D eigenvalue weighted by atomic mass is 10.2. The number of benzene rings is 1. The van der Waals surface area contributed by atoms with Crippen molar-refractivity contribution in [2.45, 2.75) is 6.54 Å². The van der Waals surface area contributed by atoms with E-state index < -0.39 is 0 Å². The molecule has 4 heteroatoms. The SMILES string of the molecule is Nc1nccc(=O)n1Cc1ccccc1. The molecule has 0 amide bonds. The lowest BCUT2D eigenvalue weighted by molar-refractivity contribution is 0.752. The summed E-state index contributed by atoms with van der Waals surface area (Å²) in [5, 5.41) is 0. The number of nitrogen functional groups attached to an aromatic ring is 1. The predicted molar refractivity (Wildman–Crippen MR) is 58.5 cm³/mol. The van der Waals surface area contributed by atoms with Crippen LogP contribution in [-0.4, -0.2) is 9.55 Å². The number of hydrogen-bond donors (Lipinski definition) is 1. The molecule has 0 aliphatic rings. The van der Waals surface area contributed by atoms with Crippen LogP contribution in [0.4, 0.5) is 5.95 Å². The first-order valence-electron chi connectivity index (χ1n) is 4.62. The molecular weight excluding hydrogens is 190 g/mol. The summed E-state index contributed by atoms with van der Waals surface area (Å²) in [6.45, 7) is 0.458. The average molecular weight is 201 g/mol. The Labute approximate surface area is 87.0 Å². The molecule has 0 atom stereocenters. The van der Waals surface area contributed by atoms with E-state index >= 15 is 0 Å². The van der Waals surface area contributed by atoms with E-state index in [4.69, 9.17) is 5.73 Å². The van der Waals surface area contributed by atoms with Gasteiger partial charge < -0.3 is 5.73 Å². The van der Waals surface area contributed by atoms with Gasteiger partial charge >= 0.3 is 0 Å². The number of aromatic nitrogens is 2. The smallest absolute Gasteiger partial charge is 0.255 e. The topological polar surface area (TPSA) is 60.9 Å². The second-order valence-corrected chi connectivity index (χ2v) is 3.21. The van der Waals surface area contributed by atoms with Crippen LogP contribution in [0.1, 0.15) is 5.56 Å². The van der Waals surface area contributed by atoms with Crippen molar-refractivity contribution in [3.63, 3.8) is 0 Å². The number of nitrogens with two attached hydrogens (primary N) is 1. The minimum atomic E-state index is -0.133. The Balaban J connectivity index is 2.37. The minimum Gasteiger partial charge on any atom is -0.369 e. The molecule has 1 aromatic carbocycles. The third kappa shape index (κ3) is 2.04. The van der Waals surface area contributed by atoms with Crippen molar-refractivity contribution in [2.75, 3.05) is 5.73 Å². The summed E-state index contributed by atoms with van der Waals surface area (Å²) in [5.74, 6) is 0.242. The van der Waals surface area contributed by atoms with Crippen molar-refractivity contribution in [1.82, 2.24) is 9.55 Å². The van der Waals surface area contributed by atoms with Gasteiger partial charge in [0.15, 0.2) is 0 Å². The summed E-state index contributed by atoms with van der Waals surface area (Å²) in [6, 6.07) is 11.1. The Bertz CT molecular complexity index is 505. The highest BCUT2D eigenvalue weighted by Crippen LogP contribution is 2.02. The monoisotopic (exact) mass is 201 g/mol. The summed E-state index contributed by atoms with van der Waals surface area (Å²) < 4.78 is 1.44. The fraction of sp³-hybridized carbons (Fsp3) is 0.0909. The van der Waals surface area contributed by atoms with Crippen LogP contribution in [0.25, 0.3) is 0 Å². The van der Waals surface area contributed by atoms with Gasteiger partial charge in [0.05, 0.1) is 6.54 Å². The van der Waals surface area contributed by atoms with Gasteiger partial charge in [-0.2, -0.15) is 0 Å². The molecule has 15 heavy (non-hydrogen) atoms. The second-order valence-electron chi connectivity index (χ2n) is 3.21. The zero-order chi connectivity index (χ0) is 10.7. The summed E-state index contributed by atoms with van der Waals surface area (Å²) in [4.78, 5) is 15.4. The van der Waals surface area contributed by atoms with Gasteiger partial charge in [0.25, 0.3) is 5.56 Å². The van der Waals surface area contributed by atoms with Crippen LogP contribution < -0.4 is 11.3 Å². The first kappa shape index (κ1) is 9.45. The van der Waals surface area contributed by atoms with Gasteiger partial charge in [0.1, 0.15) is 0 Å². The van der Waals surface area contributed by atoms with Crippen LogP contribution in [-0.2, 0) is 6.54 Å². The summed E-state index contributed by atoms with van der Waals surface area (Å²) >= 11 is 0.